The van der Waals surface area contributed by atoms with Gasteiger partial charge in [0.15, 0.2) is 0 Å². The molecular formula is C18H20N2O3. The zero-order chi connectivity index (χ0) is 17.0. The van der Waals surface area contributed by atoms with Crippen molar-refractivity contribution in [1.82, 2.24) is 10.3 Å². The molecule has 0 spiro atoms. The topological polar surface area (TPSA) is 68.3 Å². The lowest BCUT2D eigenvalue weighted by Gasteiger charge is -2.12. The number of rotatable bonds is 4. The summed E-state index contributed by atoms with van der Waals surface area (Å²) in [6.45, 7) is 6.56. The zero-order valence-corrected chi connectivity index (χ0v) is 13.8. The summed E-state index contributed by atoms with van der Waals surface area (Å²) < 4.78 is 4.60. The van der Waals surface area contributed by atoms with Gasteiger partial charge in [0, 0.05) is 12.7 Å². The predicted molar refractivity (Wildman–Crippen MR) is 87.4 cm³/mol. The fraction of sp³-hybridized carbons (Fsp3) is 0.278. The van der Waals surface area contributed by atoms with Crippen molar-refractivity contribution in [2.45, 2.75) is 27.3 Å². The van der Waals surface area contributed by atoms with Crippen molar-refractivity contribution in [3.05, 3.63) is 64.0 Å². The largest absolute Gasteiger partial charge is 0.465 e. The van der Waals surface area contributed by atoms with Crippen LogP contribution in [-0.4, -0.2) is 24.0 Å². The maximum absolute atomic E-state index is 12.2. The van der Waals surface area contributed by atoms with Crippen molar-refractivity contribution in [1.29, 1.82) is 0 Å². The summed E-state index contributed by atoms with van der Waals surface area (Å²) in [7, 11) is 1.30. The Kier molecular flexibility index (Phi) is 5.11. The number of carbonyl (C=O) groups excluding carboxylic acids is 2. The minimum atomic E-state index is -0.477. The molecule has 0 aliphatic carbocycles. The number of methoxy groups -OCH3 is 1. The number of aryl methyl sites for hydroxylation is 3. The van der Waals surface area contributed by atoms with E-state index in [0.29, 0.717) is 12.1 Å². The van der Waals surface area contributed by atoms with Gasteiger partial charge in [-0.05, 0) is 49.6 Å². The molecule has 0 fully saturated rings. The minimum Gasteiger partial charge on any atom is -0.465 e. The first-order chi connectivity index (χ1) is 10.9. The Morgan fingerprint density at radius 2 is 1.78 bits per heavy atom. The second kappa shape index (κ2) is 7.05. The van der Waals surface area contributed by atoms with E-state index in [1.807, 2.05) is 13.8 Å². The molecule has 0 saturated carbocycles. The second-order valence-corrected chi connectivity index (χ2v) is 5.48. The third kappa shape index (κ3) is 3.94. The number of nitrogens with zero attached hydrogens (tertiary/aromatic N) is 1. The van der Waals surface area contributed by atoms with Crippen LogP contribution in [0.2, 0.25) is 0 Å². The van der Waals surface area contributed by atoms with Crippen LogP contribution in [0, 0.1) is 20.8 Å². The highest BCUT2D eigenvalue weighted by Crippen LogP contribution is 2.16. The van der Waals surface area contributed by atoms with Crippen LogP contribution in [0.1, 0.15) is 43.1 Å². The molecule has 2 rings (SSSR count). The standard InChI is InChI=1S/C18H20N2O3/c1-11-7-12(2)15(13(3)8-11)10-20-17(21)16-6-5-14(9-19-16)18(22)23-4/h5-9H,10H2,1-4H3,(H,20,21). The van der Waals surface area contributed by atoms with Crippen LogP contribution in [0.15, 0.2) is 30.5 Å². The number of esters is 1. The van der Waals surface area contributed by atoms with Crippen LogP contribution in [0.25, 0.3) is 0 Å². The van der Waals surface area contributed by atoms with Gasteiger partial charge < -0.3 is 10.1 Å². The van der Waals surface area contributed by atoms with Crippen molar-refractivity contribution >= 4 is 11.9 Å². The van der Waals surface area contributed by atoms with Crippen LogP contribution >= 0.6 is 0 Å². The molecule has 0 atom stereocenters. The van der Waals surface area contributed by atoms with Gasteiger partial charge in [0.05, 0.1) is 12.7 Å². The molecule has 23 heavy (non-hydrogen) atoms. The highest BCUT2D eigenvalue weighted by atomic mass is 16.5. The highest BCUT2D eigenvalue weighted by Gasteiger charge is 2.11. The summed E-state index contributed by atoms with van der Waals surface area (Å²) >= 11 is 0. The molecule has 0 bridgehead atoms. The molecule has 2 aromatic rings. The molecule has 1 N–H and O–H groups in total. The van der Waals surface area contributed by atoms with Gasteiger partial charge in [-0.1, -0.05) is 17.7 Å². The Labute approximate surface area is 135 Å². The smallest absolute Gasteiger partial charge is 0.339 e. The molecule has 0 radical (unpaired) electrons. The van der Waals surface area contributed by atoms with E-state index in [4.69, 9.17) is 0 Å². The maximum Gasteiger partial charge on any atom is 0.339 e. The van der Waals surface area contributed by atoms with Crippen molar-refractivity contribution in [3.8, 4) is 0 Å². The third-order valence-electron chi connectivity index (χ3n) is 3.68. The van der Waals surface area contributed by atoms with E-state index < -0.39 is 5.97 Å². The van der Waals surface area contributed by atoms with Crippen LogP contribution < -0.4 is 5.32 Å². The number of aromatic nitrogens is 1. The molecular weight excluding hydrogens is 292 g/mol. The first-order valence-corrected chi connectivity index (χ1v) is 7.31. The Hall–Kier alpha value is -2.69. The summed E-state index contributed by atoms with van der Waals surface area (Å²) in [5, 5.41) is 2.86. The Morgan fingerprint density at radius 1 is 1.13 bits per heavy atom. The molecule has 5 heteroatoms. The molecule has 0 unspecified atom stereocenters. The normalized spacial score (nSPS) is 10.3. The average molecular weight is 312 g/mol. The van der Waals surface area contributed by atoms with E-state index in [9.17, 15) is 9.59 Å². The first kappa shape index (κ1) is 16.7. The molecule has 0 aliphatic heterocycles. The quantitative estimate of drug-likeness (QED) is 0.881. The summed E-state index contributed by atoms with van der Waals surface area (Å²) in [4.78, 5) is 27.5. The van der Waals surface area contributed by atoms with Crippen LogP contribution in [0.5, 0.6) is 0 Å². The van der Waals surface area contributed by atoms with Crippen molar-refractivity contribution in [2.24, 2.45) is 0 Å². The van der Waals surface area contributed by atoms with E-state index in [-0.39, 0.29) is 11.6 Å². The number of pyridine rings is 1. The summed E-state index contributed by atoms with van der Waals surface area (Å²) in [6, 6.07) is 7.22. The van der Waals surface area contributed by atoms with Crippen LogP contribution in [-0.2, 0) is 11.3 Å². The second-order valence-electron chi connectivity index (χ2n) is 5.48. The Morgan fingerprint density at radius 3 is 2.30 bits per heavy atom. The average Bonchev–Trinajstić information content (AvgIpc) is 2.53. The lowest BCUT2D eigenvalue weighted by Crippen LogP contribution is -2.24. The Balaban J connectivity index is 2.07. The van der Waals surface area contributed by atoms with E-state index in [2.05, 4.69) is 34.1 Å². The van der Waals surface area contributed by atoms with Crippen molar-refractivity contribution < 1.29 is 14.3 Å². The number of carbonyl (C=O) groups is 2. The van der Waals surface area contributed by atoms with Gasteiger partial charge in [-0.2, -0.15) is 0 Å². The first-order valence-electron chi connectivity index (χ1n) is 7.31. The number of nitrogens with one attached hydrogen (secondary N) is 1. The fourth-order valence-corrected chi connectivity index (χ4v) is 2.51. The molecule has 5 nitrogen and oxygen atoms in total. The molecule has 1 aromatic carbocycles. The molecule has 0 saturated heterocycles. The molecule has 120 valence electrons. The summed E-state index contributed by atoms with van der Waals surface area (Å²) in [5.41, 5.74) is 5.19. The third-order valence-corrected chi connectivity index (χ3v) is 3.68. The van der Waals surface area contributed by atoms with E-state index in [1.165, 1.54) is 31.0 Å². The van der Waals surface area contributed by atoms with Gasteiger partial charge in [0.25, 0.3) is 5.91 Å². The van der Waals surface area contributed by atoms with Gasteiger partial charge >= 0.3 is 5.97 Å². The van der Waals surface area contributed by atoms with Gasteiger partial charge in [0.1, 0.15) is 5.69 Å². The van der Waals surface area contributed by atoms with Crippen molar-refractivity contribution in [3.63, 3.8) is 0 Å². The van der Waals surface area contributed by atoms with Crippen molar-refractivity contribution in [2.75, 3.05) is 7.11 Å². The minimum absolute atomic E-state index is 0.264. The number of amides is 1. The van der Waals surface area contributed by atoms with E-state index in [0.717, 1.165) is 16.7 Å². The maximum atomic E-state index is 12.2. The van der Waals surface area contributed by atoms with E-state index >= 15 is 0 Å². The Bertz CT molecular complexity index is 713. The summed E-state index contributed by atoms with van der Waals surface area (Å²) in [5.74, 6) is -0.754. The number of hydrogen-bond donors (Lipinski definition) is 1. The fourth-order valence-electron chi connectivity index (χ4n) is 2.51. The van der Waals surface area contributed by atoms with Gasteiger partial charge in [0.2, 0.25) is 0 Å². The number of hydrogen-bond acceptors (Lipinski definition) is 4. The predicted octanol–water partition coefficient (Wildman–Crippen LogP) is 2.72. The van der Waals surface area contributed by atoms with Gasteiger partial charge in [-0.3, -0.25) is 9.78 Å². The SMILES string of the molecule is COC(=O)c1ccc(C(=O)NCc2c(C)cc(C)cc2C)nc1. The summed E-state index contributed by atoms with van der Waals surface area (Å²) in [6.07, 6.45) is 1.34. The molecule has 0 aliphatic rings. The van der Waals surface area contributed by atoms with Gasteiger partial charge in [-0.15, -0.1) is 0 Å². The molecule has 1 amide bonds. The number of ether oxygens (including phenoxy) is 1. The molecule has 1 heterocycles. The number of benzene rings is 1. The lowest BCUT2D eigenvalue weighted by atomic mass is 10.00. The highest BCUT2D eigenvalue weighted by molar-refractivity contribution is 5.94. The van der Waals surface area contributed by atoms with Gasteiger partial charge in [-0.25, -0.2) is 4.79 Å². The van der Waals surface area contributed by atoms with Crippen LogP contribution in [0.4, 0.5) is 0 Å². The van der Waals surface area contributed by atoms with E-state index in [1.54, 1.807) is 0 Å². The monoisotopic (exact) mass is 312 g/mol. The van der Waals surface area contributed by atoms with Crippen LogP contribution in [0.3, 0.4) is 0 Å². The zero-order valence-electron chi connectivity index (χ0n) is 13.8. The lowest BCUT2D eigenvalue weighted by molar-refractivity contribution is 0.0599. The molecule has 1 aromatic heterocycles.